The van der Waals surface area contributed by atoms with Crippen LogP contribution in [-0.4, -0.2) is 76.5 Å². The molecule has 6 nitrogen and oxygen atoms in total. The zero-order chi connectivity index (χ0) is 16.4. The van der Waals surface area contributed by atoms with Gasteiger partial charge in [0.25, 0.3) is 0 Å². The Morgan fingerprint density at radius 3 is 1.95 bits per heavy atom. The average molecular weight is 353 g/mol. The third-order valence-electron chi connectivity index (χ3n) is 5.03. The SMILES string of the molecule is CN1CCC(CCS(=O)(=O)C2CCN(S(C)(=O)=O)CC2)CC1. The van der Waals surface area contributed by atoms with Crippen LogP contribution in [0.4, 0.5) is 0 Å². The highest BCUT2D eigenvalue weighted by Crippen LogP contribution is 2.24. The third kappa shape index (κ3) is 4.91. The van der Waals surface area contributed by atoms with Crippen molar-refractivity contribution in [3.05, 3.63) is 0 Å². The lowest BCUT2D eigenvalue weighted by molar-refractivity contribution is 0.216. The molecule has 0 bridgehead atoms. The molecule has 0 radical (unpaired) electrons. The number of sulfone groups is 1. The van der Waals surface area contributed by atoms with Gasteiger partial charge >= 0.3 is 0 Å². The van der Waals surface area contributed by atoms with E-state index in [9.17, 15) is 16.8 Å². The largest absolute Gasteiger partial charge is 0.306 e. The van der Waals surface area contributed by atoms with Crippen molar-refractivity contribution in [2.45, 2.75) is 37.4 Å². The number of sulfonamides is 1. The Labute approximate surface area is 134 Å². The van der Waals surface area contributed by atoms with Crippen LogP contribution in [0.5, 0.6) is 0 Å². The zero-order valence-electron chi connectivity index (χ0n) is 13.6. The Morgan fingerprint density at radius 1 is 0.909 bits per heavy atom. The van der Waals surface area contributed by atoms with Crippen molar-refractivity contribution in [3.8, 4) is 0 Å². The molecule has 130 valence electrons. The standard InChI is InChI=1S/C14H28N2O4S2/c1-15-8-3-13(4-9-15)7-12-22(19,20)14-5-10-16(11-6-14)21(2,17)18/h13-14H,3-12H2,1-2H3. The van der Waals surface area contributed by atoms with Gasteiger partial charge < -0.3 is 4.90 Å². The lowest BCUT2D eigenvalue weighted by Crippen LogP contribution is -2.42. The Balaban J connectivity index is 1.81. The Bertz CT molecular complexity index is 558. The molecule has 0 atom stereocenters. The first-order chi connectivity index (χ1) is 10.2. The molecule has 0 aromatic heterocycles. The molecule has 0 unspecified atom stereocenters. The summed E-state index contributed by atoms with van der Waals surface area (Å²) >= 11 is 0. The predicted molar refractivity (Wildman–Crippen MR) is 88.1 cm³/mol. The molecule has 0 saturated carbocycles. The molecule has 0 aliphatic carbocycles. The molecule has 0 amide bonds. The fourth-order valence-electron chi connectivity index (χ4n) is 3.37. The average Bonchev–Trinajstić information content (AvgIpc) is 2.46. The number of hydrogen-bond acceptors (Lipinski definition) is 5. The van der Waals surface area contributed by atoms with Gasteiger partial charge in [-0.15, -0.1) is 0 Å². The van der Waals surface area contributed by atoms with E-state index in [0.717, 1.165) is 32.4 Å². The van der Waals surface area contributed by atoms with Crippen molar-refractivity contribution in [1.82, 2.24) is 9.21 Å². The van der Waals surface area contributed by atoms with Gasteiger partial charge in [-0.25, -0.2) is 21.1 Å². The Morgan fingerprint density at radius 2 is 1.45 bits per heavy atom. The van der Waals surface area contributed by atoms with E-state index in [1.807, 2.05) is 0 Å². The number of nitrogens with zero attached hydrogens (tertiary/aromatic N) is 2. The highest BCUT2D eigenvalue weighted by Gasteiger charge is 2.33. The van der Waals surface area contributed by atoms with Crippen molar-refractivity contribution < 1.29 is 16.8 Å². The van der Waals surface area contributed by atoms with Crippen LogP contribution in [0.25, 0.3) is 0 Å². The molecule has 22 heavy (non-hydrogen) atoms. The number of likely N-dealkylation sites (tertiary alicyclic amines) is 1. The lowest BCUT2D eigenvalue weighted by atomic mass is 9.95. The summed E-state index contributed by atoms with van der Waals surface area (Å²) < 4.78 is 49.3. The van der Waals surface area contributed by atoms with Gasteiger partial charge in [0.15, 0.2) is 9.84 Å². The van der Waals surface area contributed by atoms with E-state index in [-0.39, 0.29) is 11.0 Å². The molecule has 2 heterocycles. The van der Waals surface area contributed by atoms with E-state index >= 15 is 0 Å². The van der Waals surface area contributed by atoms with Gasteiger partial charge in [0.1, 0.15) is 0 Å². The van der Waals surface area contributed by atoms with Gasteiger partial charge in [0.05, 0.1) is 17.3 Å². The van der Waals surface area contributed by atoms with Gasteiger partial charge in [0, 0.05) is 13.1 Å². The minimum absolute atomic E-state index is 0.255. The summed E-state index contributed by atoms with van der Waals surface area (Å²) in [5.74, 6) is 0.771. The second-order valence-electron chi connectivity index (χ2n) is 6.76. The normalized spacial score (nSPS) is 24.6. The molecule has 0 aromatic carbocycles. The van der Waals surface area contributed by atoms with Gasteiger partial charge in [-0.05, 0) is 58.2 Å². The zero-order valence-corrected chi connectivity index (χ0v) is 15.2. The molecule has 0 N–H and O–H groups in total. The van der Waals surface area contributed by atoms with Crippen LogP contribution in [0.1, 0.15) is 32.1 Å². The molecule has 2 fully saturated rings. The van der Waals surface area contributed by atoms with Crippen LogP contribution in [0.15, 0.2) is 0 Å². The van der Waals surface area contributed by atoms with Crippen LogP contribution in [0.2, 0.25) is 0 Å². The molecule has 2 aliphatic rings. The van der Waals surface area contributed by atoms with Crippen molar-refractivity contribution in [2.75, 3.05) is 45.2 Å². The molecule has 2 rings (SSSR count). The summed E-state index contributed by atoms with van der Waals surface area (Å²) in [6.45, 7) is 2.77. The number of hydrogen-bond donors (Lipinski definition) is 0. The summed E-state index contributed by atoms with van der Waals surface area (Å²) in [4.78, 5) is 2.28. The Kier molecular flexibility index (Phi) is 5.90. The van der Waals surface area contributed by atoms with E-state index in [0.29, 0.717) is 31.8 Å². The molecule has 0 aromatic rings. The quantitative estimate of drug-likeness (QED) is 0.723. The van der Waals surface area contributed by atoms with Crippen molar-refractivity contribution in [3.63, 3.8) is 0 Å². The maximum Gasteiger partial charge on any atom is 0.211 e. The first-order valence-corrected chi connectivity index (χ1v) is 11.6. The van der Waals surface area contributed by atoms with Crippen molar-refractivity contribution in [2.24, 2.45) is 5.92 Å². The van der Waals surface area contributed by atoms with Crippen molar-refractivity contribution >= 4 is 19.9 Å². The minimum Gasteiger partial charge on any atom is -0.306 e. The highest BCUT2D eigenvalue weighted by atomic mass is 32.2. The van der Waals surface area contributed by atoms with Crippen LogP contribution in [0, 0.1) is 5.92 Å². The van der Waals surface area contributed by atoms with Crippen LogP contribution < -0.4 is 0 Å². The van der Waals surface area contributed by atoms with E-state index in [1.165, 1.54) is 10.6 Å². The Hall–Kier alpha value is -0.180. The van der Waals surface area contributed by atoms with Gasteiger partial charge in [-0.2, -0.15) is 0 Å². The fraction of sp³-hybridized carbons (Fsp3) is 1.00. The van der Waals surface area contributed by atoms with Crippen LogP contribution >= 0.6 is 0 Å². The van der Waals surface area contributed by atoms with Crippen LogP contribution in [0.3, 0.4) is 0 Å². The first-order valence-electron chi connectivity index (χ1n) is 8.04. The van der Waals surface area contributed by atoms with E-state index in [2.05, 4.69) is 11.9 Å². The van der Waals surface area contributed by atoms with Crippen molar-refractivity contribution in [1.29, 1.82) is 0 Å². The topological polar surface area (TPSA) is 74.8 Å². The maximum atomic E-state index is 12.5. The summed E-state index contributed by atoms with van der Waals surface area (Å²) in [6.07, 6.45) is 4.97. The summed E-state index contributed by atoms with van der Waals surface area (Å²) in [7, 11) is -4.20. The van der Waals surface area contributed by atoms with Gasteiger partial charge in [-0.1, -0.05) is 0 Å². The molecule has 8 heteroatoms. The molecular formula is C14H28N2O4S2. The summed E-state index contributed by atoms with van der Waals surface area (Å²) in [5, 5.41) is -0.364. The second kappa shape index (κ2) is 7.15. The van der Waals surface area contributed by atoms with Crippen LogP contribution in [-0.2, 0) is 19.9 Å². The number of piperidine rings is 2. The van der Waals surface area contributed by atoms with E-state index in [4.69, 9.17) is 0 Å². The highest BCUT2D eigenvalue weighted by molar-refractivity contribution is 7.92. The monoisotopic (exact) mass is 352 g/mol. The maximum absolute atomic E-state index is 12.5. The predicted octanol–water partition coefficient (Wildman–Crippen LogP) is 0.557. The first kappa shape index (κ1) is 18.2. The lowest BCUT2D eigenvalue weighted by Gasteiger charge is -2.31. The van der Waals surface area contributed by atoms with E-state index < -0.39 is 19.9 Å². The molecule has 2 saturated heterocycles. The molecule has 2 aliphatic heterocycles. The van der Waals surface area contributed by atoms with E-state index in [1.54, 1.807) is 0 Å². The van der Waals surface area contributed by atoms with Gasteiger partial charge in [-0.3, -0.25) is 0 Å². The summed E-state index contributed by atoms with van der Waals surface area (Å²) in [6, 6.07) is 0. The fourth-order valence-corrected chi connectivity index (χ4v) is 6.17. The van der Waals surface area contributed by atoms with Gasteiger partial charge in [0.2, 0.25) is 10.0 Å². The number of rotatable bonds is 5. The minimum atomic E-state index is -3.20. The third-order valence-corrected chi connectivity index (χ3v) is 8.62. The smallest absolute Gasteiger partial charge is 0.211 e. The molecule has 0 spiro atoms. The second-order valence-corrected chi connectivity index (χ2v) is 11.1. The molecular weight excluding hydrogens is 324 g/mol. The summed E-state index contributed by atoms with van der Waals surface area (Å²) in [5.41, 5.74) is 0.